The summed E-state index contributed by atoms with van der Waals surface area (Å²) in [6.07, 6.45) is 1.03. The van der Waals surface area contributed by atoms with E-state index in [1.807, 2.05) is 12.1 Å². The highest BCUT2D eigenvalue weighted by molar-refractivity contribution is 9.11. The Labute approximate surface area is 136 Å². The molecule has 0 aliphatic carbocycles. The monoisotopic (exact) mass is 375 g/mol. The first kappa shape index (κ1) is 16.0. The second-order valence-electron chi connectivity index (χ2n) is 4.65. The van der Waals surface area contributed by atoms with Crippen LogP contribution in [0.25, 0.3) is 0 Å². The van der Waals surface area contributed by atoms with Gasteiger partial charge in [0, 0.05) is 9.90 Å². The van der Waals surface area contributed by atoms with Crippen LogP contribution in [-0.2, 0) is 0 Å². The Kier molecular flexibility index (Phi) is 5.61. The predicted octanol–water partition coefficient (Wildman–Crippen LogP) is 5.70. The van der Waals surface area contributed by atoms with Crippen LogP contribution in [0.2, 0.25) is 5.02 Å². The van der Waals surface area contributed by atoms with Crippen LogP contribution >= 0.6 is 38.9 Å². The van der Waals surface area contributed by atoms with Crippen molar-refractivity contribution in [2.45, 2.75) is 26.3 Å². The lowest BCUT2D eigenvalue weighted by Gasteiger charge is -2.20. The third-order valence-electron chi connectivity index (χ3n) is 3.07. The van der Waals surface area contributed by atoms with Gasteiger partial charge in [-0.05, 0) is 71.2 Å². The molecule has 1 aromatic carbocycles. The summed E-state index contributed by atoms with van der Waals surface area (Å²) in [7, 11) is 0. The fourth-order valence-electron chi connectivity index (χ4n) is 2.04. The van der Waals surface area contributed by atoms with Crippen LogP contribution in [0.4, 0.5) is 4.39 Å². The Bertz CT molecular complexity index is 600. The lowest BCUT2D eigenvalue weighted by Crippen LogP contribution is -2.23. The zero-order chi connectivity index (χ0) is 14.7. The van der Waals surface area contributed by atoms with Gasteiger partial charge < -0.3 is 5.32 Å². The molecule has 1 nitrogen and oxygen atoms in total. The van der Waals surface area contributed by atoms with Gasteiger partial charge in [0.05, 0.1) is 9.83 Å². The van der Waals surface area contributed by atoms with E-state index in [1.165, 1.54) is 10.9 Å². The highest BCUT2D eigenvalue weighted by atomic mass is 79.9. The Morgan fingerprint density at radius 1 is 1.40 bits per heavy atom. The zero-order valence-electron chi connectivity index (χ0n) is 11.3. The molecule has 1 N–H and O–H groups in total. The third-order valence-corrected chi connectivity index (χ3v) is 5.08. The predicted molar refractivity (Wildman–Crippen MR) is 88.3 cm³/mol. The third kappa shape index (κ3) is 3.61. The molecule has 0 aliphatic rings. The summed E-state index contributed by atoms with van der Waals surface area (Å²) in [5.74, 6) is -0.264. The van der Waals surface area contributed by atoms with Crippen molar-refractivity contribution in [3.63, 3.8) is 0 Å². The number of thiophene rings is 1. The van der Waals surface area contributed by atoms with Gasteiger partial charge in [-0.15, -0.1) is 11.3 Å². The summed E-state index contributed by atoms with van der Waals surface area (Å²) in [5, 5.41) is 3.95. The van der Waals surface area contributed by atoms with Crippen LogP contribution in [0, 0.1) is 12.7 Å². The fraction of sp³-hybridized carbons (Fsp3) is 0.333. The Balaban J connectivity index is 2.43. The molecule has 1 aromatic heterocycles. The minimum absolute atomic E-state index is 0.00181. The SMILES string of the molecule is CCCNC(c1ccc(Br)s1)c1cc(C)c(F)cc1Cl. The number of halogens is 3. The number of hydrogen-bond donors (Lipinski definition) is 1. The number of benzene rings is 1. The van der Waals surface area contributed by atoms with Crippen LogP contribution in [-0.4, -0.2) is 6.54 Å². The molecule has 2 rings (SSSR count). The minimum atomic E-state index is -0.264. The van der Waals surface area contributed by atoms with Crippen molar-refractivity contribution in [3.05, 3.63) is 54.9 Å². The summed E-state index contributed by atoms with van der Waals surface area (Å²) in [5.41, 5.74) is 1.54. The van der Waals surface area contributed by atoms with Crippen molar-refractivity contribution in [1.29, 1.82) is 0 Å². The first-order valence-electron chi connectivity index (χ1n) is 6.47. The lowest BCUT2D eigenvalue weighted by molar-refractivity contribution is 0.595. The summed E-state index contributed by atoms with van der Waals surface area (Å²) >= 11 is 11.4. The normalized spacial score (nSPS) is 12.7. The van der Waals surface area contributed by atoms with E-state index >= 15 is 0 Å². The van der Waals surface area contributed by atoms with Crippen LogP contribution in [0.15, 0.2) is 28.1 Å². The molecule has 2 aromatic rings. The van der Waals surface area contributed by atoms with Crippen molar-refractivity contribution in [2.24, 2.45) is 0 Å². The minimum Gasteiger partial charge on any atom is -0.306 e. The second-order valence-corrected chi connectivity index (χ2v) is 7.55. The van der Waals surface area contributed by atoms with Crippen LogP contribution in [0.1, 0.15) is 35.4 Å². The van der Waals surface area contributed by atoms with Crippen molar-refractivity contribution < 1.29 is 4.39 Å². The summed E-state index contributed by atoms with van der Waals surface area (Å²) < 4.78 is 14.6. The fourth-order valence-corrected chi connectivity index (χ4v) is 3.81. The van der Waals surface area contributed by atoms with Gasteiger partial charge in [0.1, 0.15) is 5.82 Å². The van der Waals surface area contributed by atoms with Gasteiger partial charge in [-0.2, -0.15) is 0 Å². The second kappa shape index (κ2) is 7.03. The highest BCUT2D eigenvalue weighted by Crippen LogP contribution is 2.35. The molecule has 0 amide bonds. The molecule has 0 spiro atoms. The highest BCUT2D eigenvalue weighted by Gasteiger charge is 2.19. The van der Waals surface area contributed by atoms with Crippen LogP contribution < -0.4 is 5.32 Å². The average Bonchev–Trinajstić information content (AvgIpc) is 2.82. The van der Waals surface area contributed by atoms with E-state index in [0.29, 0.717) is 10.6 Å². The van der Waals surface area contributed by atoms with Gasteiger partial charge in [0.15, 0.2) is 0 Å². The van der Waals surface area contributed by atoms with Crippen molar-refractivity contribution in [2.75, 3.05) is 6.54 Å². The average molecular weight is 377 g/mol. The molecule has 0 aliphatic heterocycles. The van der Waals surface area contributed by atoms with Gasteiger partial charge in [-0.1, -0.05) is 18.5 Å². The standard InChI is InChI=1S/C15H16BrClFNS/c1-3-6-19-15(13-4-5-14(16)20-13)10-7-9(2)12(18)8-11(10)17/h4-5,7-8,15,19H,3,6H2,1-2H3. The lowest BCUT2D eigenvalue weighted by atomic mass is 10.0. The molecule has 1 unspecified atom stereocenters. The molecule has 20 heavy (non-hydrogen) atoms. The number of aryl methyl sites for hydroxylation is 1. The molecule has 1 atom stereocenters. The van der Waals surface area contributed by atoms with Crippen molar-refractivity contribution >= 4 is 38.9 Å². The molecule has 0 saturated heterocycles. The molecule has 1 heterocycles. The van der Waals surface area contributed by atoms with E-state index < -0.39 is 0 Å². The van der Waals surface area contributed by atoms with Gasteiger partial charge in [-0.3, -0.25) is 0 Å². The van der Waals surface area contributed by atoms with E-state index in [2.05, 4.69) is 34.2 Å². The maximum atomic E-state index is 13.6. The molecule has 0 fully saturated rings. The Morgan fingerprint density at radius 3 is 2.75 bits per heavy atom. The molecule has 108 valence electrons. The van der Waals surface area contributed by atoms with Crippen molar-refractivity contribution in [3.8, 4) is 0 Å². The van der Waals surface area contributed by atoms with Crippen LogP contribution in [0.5, 0.6) is 0 Å². The number of hydrogen-bond acceptors (Lipinski definition) is 2. The maximum Gasteiger partial charge on any atom is 0.127 e. The zero-order valence-corrected chi connectivity index (χ0v) is 14.5. The summed E-state index contributed by atoms with van der Waals surface area (Å²) in [6.45, 7) is 4.76. The Morgan fingerprint density at radius 2 is 2.15 bits per heavy atom. The number of rotatable bonds is 5. The first-order chi connectivity index (χ1) is 9.52. The van der Waals surface area contributed by atoms with E-state index in [9.17, 15) is 4.39 Å². The van der Waals surface area contributed by atoms with Gasteiger partial charge >= 0.3 is 0 Å². The summed E-state index contributed by atoms with van der Waals surface area (Å²) in [6, 6.07) is 7.31. The molecular weight excluding hydrogens is 361 g/mol. The van der Waals surface area contributed by atoms with Crippen LogP contribution in [0.3, 0.4) is 0 Å². The first-order valence-corrected chi connectivity index (χ1v) is 8.45. The van der Waals surface area contributed by atoms with E-state index in [0.717, 1.165) is 22.3 Å². The van der Waals surface area contributed by atoms with Gasteiger partial charge in [0.25, 0.3) is 0 Å². The van der Waals surface area contributed by atoms with Gasteiger partial charge in [-0.25, -0.2) is 4.39 Å². The quantitative estimate of drug-likeness (QED) is 0.705. The van der Waals surface area contributed by atoms with E-state index in [-0.39, 0.29) is 11.9 Å². The molecular formula is C15H16BrClFNS. The van der Waals surface area contributed by atoms with E-state index in [1.54, 1.807) is 18.3 Å². The van der Waals surface area contributed by atoms with Gasteiger partial charge in [0.2, 0.25) is 0 Å². The topological polar surface area (TPSA) is 12.0 Å². The molecule has 0 radical (unpaired) electrons. The maximum absolute atomic E-state index is 13.6. The number of nitrogens with one attached hydrogen (secondary N) is 1. The van der Waals surface area contributed by atoms with E-state index in [4.69, 9.17) is 11.6 Å². The molecule has 5 heteroatoms. The summed E-state index contributed by atoms with van der Waals surface area (Å²) in [4.78, 5) is 1.17. The largest absolute Gasteiger partial charge is 0.306 e. The van der Waals surface area contributed by atoms with Crippen molar-refractivity contribution in [1.82, 2.24) is 5.32 Å². The molecule has 0 saturated carbocycles. The molecule has 0 bridgehead atoms. The Hall–Kier alpha value is -0.420. The smallest absolute Gasteiger partial charge is 0.127 e.